The van der Waals surface area contributed by atoms with Crippen LogP contribution >= 0.6 is 0 Å². The number of alkyl carbamates (subject to hydrolysis) is 1. The molecule has 0 unspecified atom stereocenters. The summed E-state index contributed by atoms with van der Waals surface area (Å²) in [6, 6.07) is 5.64. The average Bonchev–Trinajstić information content (AvgIpc) is 3.06. The number of Topliss-reactive ketones (excluding diaryl/α,β-unsaturated/α-hetero) is 1. The lowest BCUT2D eigenvalue weighted by molar-refractivity contribution is -0.154. The number of carbonyl (C=O) groups excluding carboxylic acids is 4. The van der Waals surface area contributed by atoms with Gasteiger partial charge in [0.25, 0.3) is 5.91 Å². The van der Waals surface area contributed by atoms with E-state index in [1.54, 1.807) is 6.07 Å². The minimum absolute atomic E-state index is 0.00294. The number of ether oxygens (including phenoxy) is 2. The third-order valence-electron chi connectivity index (χ3n) is 4.06. The van der Waals surface area contributed by atoms with Crippen molar-refractivity contribution in [3.8, 4) is 0 Å². The van der Waals surface area contributed by atoms with E-state index in [4.69, 9.17) is 4.74 Å². The number of amides is 2. The van der Waals surface area contributed by atoms with Gasteiger partial charge in [-0.2, -0.15) is 0 Å². The Labute approximate surface area is 145 Å². The number of imide groups is 1. The summed E-state index contributed by atoms with van der Waals surface area (Å²) in [5.74, 6) is -1.61. The van der Waals surface area contributed by atoms with Crippen LogP contribution in [0.5, 0.6) is 0 Å². The van der Waals surface area contributed by atoms with Crippen LogP contribution in [-0.2, 0) is 31.9 Å². The normalized spacial score (nSPS) is 13.5. The molecule has 1 atom stereocenters. The zero-order chi connectivity index (χ0) is 18.4. The summed E-state index contributed by atoms with van der Waals surface area (Å²) in [6.45, 7) is 1.33. The molecule has 134 valence electrons. The van der Waals surface area contributed by atoms with Gasteiger partial charge < -0.3 is 9.47 Å². The number of hydrogen-bond donors (Lipinski definition) is 1. The fourth-order valence-electron chi connectivity index (χ4n) is 2.67. The zero-order valence-corrected chi connectivity index (χ0v) is 14.3. The van der Waals surface area contributed by atoms with Crippen LogP contribution in [0.3, 0.4) is 0 Å². The standard InChI is InChI=1S/C18H21NO6/c1-11(17(22)19-18(23)24-2)25-16(21)9-8-15(20)14-7-6-12-4-3-5-13(12)10-14/h6-7,10-11H,3-5,8-9H2,1-2H3,(H,19,22,23)/t11-/m0/s1. The van der Waals surface area contributed by atoms with Crippen molar-refractivity contribution in [3.05, 3.63) is 34.9 Å². The fraction of sp³-hybridized carbons (Fsp3) is 0.444. The molecular formula is C18H21NO6. The molecule has 0 saturated heterocycles. The van der Waals surface area contributed by atoms with Crippen LogP contribution in [0.15, 0.2) is 18.2 Å². The van der Waals surface area contributed by atoms with E-state index in [1.165, 1.54) is 18.1 Å². The van der Waals surface area contributed by atoms with Crippen molar-refractivity contribution < 1.29 is 28.7 Å². The van der Waals surface area contributed by atoms with Crippen LogP contribution in [-0.4, -0.2) is 37.0 Å². The maximum atomic E-state index is 12.2. The molecule has 25 heavy (non-hydrogen) atoms. The molecule has 0 fully saturated rings. The summed E-state index contributed by atoms with van der Waals surface area (Å²) in [5.41, 5.74) is 3.06. The van der Waals surface area contributed by atoms with Crippen molar-refractivity contribution in [1.82, 2.24) is 5.32 Å². The molecule has 0 aliphatic heterocycles. The van der Waals surface area contributed by atoms with E-state index in [-0.39, 0.29) is 18.6 Å². The molecule has 2 amide bonds. The summed E-state index contributed by atoms with van der Waals surface area (Å²) in [7, 11) is 1.11. The number of methoxy groups -OCH3 is 1. The first-order valence-electron chi connectivity index (χ1n) is 8.14. The Morgan fingerprint density at radius 3 is 2.56 bits per heavy atom. The summed E-state index contributed by atoms with van der Waals surface area (Å²) < 4.78 is 9.19. The van der Waals surface area contributed by atoms with Crippen LogP contribution in [0, 0.1) is 0 Å². The molecule has 7 nitrogen and oxygen atoms in total. The summed E-state index contributed by atoms with van der Waals surface area (Å²) in [4.78, 5) is 46.5. The van der Waals surface area contributed by atoms with Gasteiger partial charge in [0.15, 0.2) is 11.9 Å². The maximum Gasteiger partial charge on any atom is 0.413 e. The summed E-state index contributed by atoms with van der Waals surface area (Å²) in [5, 5.41) is 1.91. The Hall–Kier alpha value is -2.70. The number of esters is 1. The third-order valence-corrected chi connectivity index (χ3v) is 4.06. The number of hydrogen-bond acceptors (Lipinski definition) is 6. The largest absolute Gasteiger partial charge is 0.453 e. The van der Waals surface area contributed by atoms with Gasteiger partial charge in [-0.1, -0.05) is 12.1 Å². The number of benzene rings is 1. The number of ketones is 1. The number of nitrogens with one attached hydrogen (secondary N) is 1. The van der Waals surface area contributed by atoms with E-state index in [1.807, 2.05) is 17.4 Å². The lowest BCUT2D eigenvalue weighted by Gasteiger charge is -2.12. The van der Waals surface area contributed by atoms with Gasteiger partial charge in [0.1, 0.15) is 0 Å². The van der Waals surface area contributed by atoms with E-state index >= 15 is 0 Å². The molecule has 0 saturated carbocycles. The first kappa shape index (κ1) is 18.6. The molecule has 1 aromatic rings. The minimum Gasteiger partial charge on any atom is -0.453 e. The molecular weight excluding hydrogens is 326 g/mol. The van der Waals surface area contributed by atoms with Gasteiger partial charge in [-0.3, -0.25) is 19.7 Å². The van der Waals surface area contributed by atoms with Gasteiger partial charge in [-0.05, 0) is 43.4 Å². The van der Waals surface area contributed by atoms with Crippen LogP contribution in [0.2, 0.25) is 0 Å². The molecule has 0 spiro atoms. The zero-order valence-electron chi connectivity index (χ0n) is 14.3. The third kappa shape index (κ3) is 5.14. The Kier molecular flexibility index (Phi) is 6.27. The van der Waals surface area contributed by atoms with Crippen molar-refractivity contribution >= 4 is 23.8 Å². The Morgan fingerprint density at radius 2 is 1.84 bits per heavy atom. The second kappa shape index (κ2) is 8.41. The highest BCUT2D eigenvalue weighted by Crippen LogP contribution is 2.23. The smallest absolute Gasteiger partial charge is 0.413 e. The lowest BCUT2D eigenvalue weighted by Crippen LogP contribution is -2.39. The number of carbonyl (C=O) groups is 4. The van der Waals surface area contributed by atoms with Crippen LogP contribution in [0.4, 0.5) is 4.79 Å². The Balaban J connectivity index is 1.80. The summed E-state index contributed by atoms with van der Waals surface area (Å²) >= 11 is 0. The van der Waals surface area contributed by atoms with Gasteiger partial charge in [-0.15, -0.1) is 0 Å². The first-order valence-corrected chi connectivity index (χ1v) is 8.14. The monoisotopic (exact) mass is 347 g/mol. The van der Waals surface area contributed by atoms with Crippen molar-refractivity contribution in [3.63, 3.8) is 0 Å². The summed E-state index contributed by atoms with van der Waals surface area (Å²) in [6.07, 6.45) is 0.911. The number of fused-ring (bicyclic) bond motifs is 1. The number of aryl methyl sites for hydroxylation is 2. The van der Waals surface area contributed by atoms with Crippen LogP contribution in [0.1, 0.15) is 47.7 Å². The number of rotatable bonds is 6. The van der Waals surface area contributed by atoms with Crippen molar-refractivity contribution in [2.75, 3.05) is 7.11 Å². The van der Waals surface area contributed by atoms with E-state index < -0.39 is 24.1 Å². The Morgan fingerprint density at radius 1 is 1.12 bits per heavy atom. The predicted molar refractivity (Wildman–Crippen MR) is 88.1 cm³/mol. The highest BCUT2D eigenvalue weighted by molar-refractivity contribution is 5.98. The van der Waals surface area contributed by atoms with Crippen molar-refractivity contribution in [1.29, 1.82) is 0 Å². The van der Waals surface area contributed by atoms with E-state index in [0.29, 0.717) is 5.56 Å². The van der Waals surface area contributed by atoms with Gasteiger partial charge >= 0.3 is 12.1 Å². The highest BCUT2D eigenvalue weighted by atomic mass is 16.6. The SMILES string of the molecule is COC(=O)NC(=O)[C@H](C)OC(=O)CCC(=O)c1ccc2c(c1)CCC2. The highest BCUT2D eigenvalue weighted by Gasteiger charge is 2.21. The first-order chi connectivity index (χ1) is 11.9. The minimum atomic E-state index is -1.15. The average molecular weight is 347 g/mol. The van der Waals surface area contributed by atoms with Crippen molar-refractivity contribution in [2.24, 2.45) is 0 Å². The van der Waals surface area contributed by atoms with Gasteiger partial charge in [-0.25, -0.2) is 4.79 Å². The van der Waals surface area contributed by atoms with E-state index in [0.717, 1.165) is 26.4 Å². The molecule has 0 bridgehead atoms. The fourth-order valence-corrected chi connectivity index (χ4v) is 2.67. The van der Waals surface area contributed by atoms with Gasteiger partial charge in [0.2, 0.25) is 0 Å². The Bertz CT molecular complexity index is 697. The lowest BCUT2D eigenvalue weighted by atomic mass is 10.0. The second-order valence-corrected chi connectivity index (χ2v) is 5.87. The molecule has 0 aromatic heterocycles. The molecule has 1 N–H and O–H groups in total. The van der Waals surface area contributed by atoms with Crippen LogP contribution < -0.4 is 5.32 Å². The molecule has 1 aromatic carbocycles. The van der Waals surface area contributed by atoms with E-state index in [2.05, 4.69) is 4.74 Å². The molecule has 0 radical (unpaired) electrons. The molecule has 0 heterocycles. The molecule has 2 rings (SSSR count). The van der Waals surface area contributed by atoms with Gasteiger partial charge in [0.05, 0.1) is 13.5 Å². The predicted octanol–water partition coefficient (Wildman–Crippen LogP) is 1.95. The topological polar surface area (TPSA) is 98.8 Å². The maximum absolute atomic E-state index is 12.2. The van der Waals surface area contributed by atoms with Crippen LogP contribution in [0.25, 0.3) is 0 Å². The van der Waals surface area contributed by atoms with Gasteiger partial charge in [0, 0.05) is 12.0 Å². The van der Waals surface area contributed by atoms with E-state index in [9.17, 15) is 19.2 Å². The quantitative estimate of drug-likeness (QED) is 0.624. The molecule has 1 aliphatic rings. The second-order valence-electron chi connectivity index (χ2n) is 5.87. The molecule has 1 aliphatic carbocycles. The molecule has 7 heteroatoms. The van der Waals surface area contributed by atoms with Crippen molar-refractivity contribution in [2.45, 2.75) is 45.1 Å².